The molecule has 1 aromatic carbocycles. The molecular weight excluding hydrogens is 334 g/mol. The van der Waals surface area contributed by atoms with Crippen LogP contribution in [0.4, 0.5) is 17.3 Å². The van der Waals surface area contributed by atoms with Crippen molar-refractivity contribution in [2.75, 3.05) is 0 Å². The predicted molar refractivity (Wildman–Crippen MR) is 98.5 cm³/mol. The lowest BCUT2D eigenvalue weighted by Gasteiger charge is -2.24. The first kappa shape index (κ1) is 19.8. The van der Waals surface area contributed by atoms with Crippen LogP contribution in [-0.4, -0.2) is 18.6 Å². The minimum atomic E-state index is -6.00. The molecule has 2 aliphatic carbocycles. The Morgan fingerprint density at radius 3 is 1.71 bits per heavy atom. The summed E-state index contributed by atoms with van der Waals surface area (Å²) in [4.78, 5) is 0. The third-order valence-electron chi connectivity index (χ3n) is 5.30. The van der Waals surface area contributed by atoms with Gasteiger partial charge < -0.3 is 17.3 Å². The molecule has 0 N–H and O–H groups in total. The zero-order chi connectivity index (χ0) is 17.6. The standard InChI is InChI=1S/C18H27P.BF4/c1-2-15-9-3-8-14-18(15)19(16-10-4-5-11-16)17-12-6-7-13-17;2-1(3,4)5/h3,8-9,14,16-17H,2,4-7,10-13H2,1H3;/q;-1/p+1. The largest absolute Gasteiger partial charge is 0.673 e. The van der Waals surface area contributed by atoms with E-state index in [-0.39, 0.29) is 7.92 Å². The van der Waals surface area contributed by atoms with E-state index < -0.39 is 7.25 Å². The second kappa shape index (κ2) is 9.22. The zero-order valence-electron chi connectivity index (χ0n) is 14.4. The molecule has 0 spiro atoms. The van der Waals surface area contributed by atoms with Gasteiger partial charge in [0.05, 0.1) is 16.6 Å². The van der Waals surface area contributed by atoms with Crippen LogP contribution in [0, 0.1) is 0 Å². The van der Waals surface area contributed by atoms with Gasteiger partial charge >= 0.3 is 7.25 Å². The van der Waals surface area contributed by atoms with Gasteiger partial charge in [-0.25, -0.2) is 0 Å². The van der Waals surface area contributed by atoms with Gasteiger partial charge in [0.1, 0.15) is 0 Å². The summed E-state index contributed by atoms with van der Waals surface area (Å²) >= 11 is 0. The molecule has 136 valence electrons. The number of benzene rings is 1. The molecule has 0 saturated heterocycles. The van der Waals surface area contributed by atoms with Crippen molar-refractivity contribution < 1.29 is 17.3 Å². The lowest BCUT2D eigenvalue weighted by atomic mass is 10.2. The Kier molecular flexibility index (Phi) is 7.59. The maximum Gasteiger partial charge on any atom is 0.673 e. The third-order valence-corrected chi connectivity index (χ3v) is 9.32. The Hall–Kier alpha value is -0.565. The Morgan fingerprint density at radius 2 is 1.29 bits per heavy atom. The predicted octanol–water partition coefficient (Wildman–Crippen LogP) is 6.27. The highest BCUT2D eigenvalue weighted by atomic mass is 31.1. The number of halogens is 4. The van der Waals surface area contributed by atoms with Crippen LogP contribution in [-0.2, 0) is 6.42 Å². The van der Waals surface area contributed by atoms with E-state index in [1.165, 1.54) is 57.8 Å². The van der Waals surface area contributed by atoms with Crippen LogP contribution in [0.15, 0.2) is 24.3 Å². The number of hydrogen-bond donors (Lipinski definition) is 0. The minimum Gasteiger partial charge on any atom is -0.418 e. The fraction of sp³-hybridized carbons (Fsp3) is 0.667. The third kappa shape index (κ3) is 6.06. The normalized spacial score (nSPS) is 19.6. The molecule has 0 aromatic heterocycles. The van der Waals surface area contributed by atoms with Crippen LogP contribution in [0.5, 0.6) is 0 Å². The van der Waals surface area contributed by atoms with Gasteiger partial charge in [-0.2, -0.15) is 0 Å². The maximum atomic E-state index is 9.75. The molecule has 0 unspecified atom stereocenters. The molecule has 0 heterocycles. The molecule has 6 heteroatoms. The second-order valence-corrected chi connectivity index (χ2v) is 10.0. The van der Waals surface area contributed by atoms with Crippen molar-refractivity contribution in [2.45, 2.75) is 76.0 Å². The van der Waals surface area contributed by atoms with E-state index in [9.17, 15) is 17.3 Å². The monoisotopic (exact) mass is 362 g/mol. The highest BCUT2D eigenvalue weighted by Crippen LogP contribution is 2.56. The van der Waals surface area contributed by atoms with E-state index in [2.05, 4.69) is 31.2 Å². The molecule has 0 bridgehead atoms. The van der Waals surface area contributed by atoms with Gasteiger partial charge in [-0.05, 0) is 69.4 Å². The SMILES string of the molecule is CCc1ccccc1[PH+](C1CCCC1)C1CCCC1.F[B-](F)(F)F. The van der Waals surface area contributed by atoms with Gasteiger partial charge in [-0.3, -0.25) is 0 Å². The first-order valence-electron chi connectivity index (χ1n) is 9.22. The second-order valence-electron chi connectivity index (χ2n) is 6.92. The molecule has 0 radical (unpaired) electrons. The summed E-state index contributed by atoms with van der Waals surface area (Å²) in [7, 11) is -6.32. The summed E-state index contributed by atoms with van der Waals surface area (Å²) in [6.07, 6.45) is 13.3. The first-order valence-corrected chi connectivity index (χ1v) is 10.9. The fourth-order valence-electron chi connectivity index (χ4n) is 4.36. The van der Waals surface area contributed by atoms with Crippen LogP contribution in [0.3, 0.4) is 0 Å². The quantitative estimate of drug-likeness (QED) is 0.336. The first-order chi connectivity index (χ1) is 11.4. The van der Waals surface area contributed by atoms with Gasteiger partial charge in [0.25, 0.3) is 0 Å². The van der Waals surface area contributed by atoms with Crippen molar-refractivity contribution in [3.8, 4) is 0 Å². The lowest BCUT2D eigenvalue weighted by Crippen LogP contribution is -2.21. The summed E-state index contributed by atoms with van der Waals surface area (Å²) < 4.78 is 39.0. The summed E-state index contributed by atoms with van der Waals surface area (Å²) in [5.41, 5.74) is 3.83. The number of hydrogen-bond acceptors (Lipinski definition) is 0. The Labute approximate surface area is 144 Å². The summed E-state index contributed by atoms with van der Waals surface area (Å²) in [6.45, 7) is 2.33. The van der Waals surface area contributed by atoms with E-state index in [0.29, 0.717) is 0 Å². The Balaban J connectivity index is 0.000000368. The molecular formula is C18H28BF4P. The topological polar surface area (TPSA) is 0 Å². The highest BCUT2D eigenvalue weighted by Gasteiger charge is 2.41. The van der Waals surface area contributed by atoms with E-state index >= 15 is 0 Å². The Bertz CT molecular complexity index is 472. The van der Waals surface area contributed by atoms with E-state index in [1.807, 2.05) is 5.30 Å². The smallest absolute Gasteiger partial charge is 0.418 e. The van der Waals surface area contributed by atoms with Gasteiger partial charge in [0, 0.05) is 7.92 Å². The van der Waals surface area contributed by atoms with Gasteiger partial charge in [0.15, 0.2) is 0 Å². The number of rotatable bonds is 4. The molecule has 2 fully saturated rings. The van der Waals surface area contributed by atoms with Crippen LogP contribution in [0.25, 0.3) is 0 Å². The van der Waals surface area contributed by atoms with Crippen molar-refractivity contribution >= 4 is 20.5 Å². The van der Waals surface area contributed by atoms with Crippen LogP contribution in [0.1, 0.15) is 63.9 Å². The van der Waals surface area contributed by atoms with Gasteiger partial charge in [0.2, 0.25) is 0 Å². The molecule has 0 amide bonds. The van der Waals surface area contributed by atoms with E-state index in [4.69, 9.17) is 0 Å². The van der Waals surface area contributed by atoms with Gasteiger partial charge in [-0.1, -0.05) is 25.1 Å². The molecule has 0 nitrogen and oxygen atoms in total. The average Bonchev–Trinajstić information content (AvgIpc) is 3.20. The molecule has 1 aromatic rings. The van der Waals surface area contributed by atoms with Crippen LogP contribution >= 0.6 is 7.92 Å². The molecule has 24 heavy (non-hydrogen) atoms. The van der Waals surface area contributed by atoms with Crippen LogP contribution in [0.2, 0.25) is 0 Å². The molecule has 3 rings (SSSR count). The Morgan fingerprint density at radius 1 is 0.875 bits per heavy atom. The molecule has 2 saturated carbocycles. The van der Waals surface area contributed by atoms with Crippen molar-refractivity contribution in [1.82, 2.24) is 0 Å². The summed E-state index contributed by atoms with van der Waals surface area (Å²) in [5, 5.41) is 1.81. The van der Waals surface area contributed by atoms with Gasteiger partial charge in [-0.15, -0.1) is 0 Å². The minimum absolute atomic E-state index is 0.319. The number of aryl methyl sites for hydroxylation is 1. The lowest BCUT2D eigenvalue weighted by molar-refractivity contribution is 0.368. The molecule has 0 atom stereocenters. The average molecular weight is 362 g/mol. The summed E-state index contributed by atoms with van der Waals surface area (Å²) in [5.74, 6) is 0. The van der Waals surface area contributed by atoms with Crippen molar-refractivity contribution in [1.29, 1.82) is 0 Å². The van der Waals surface area contributed by atoms with Crippen molar-refractivity contribution in [2.24, 2.45) is 0 Å². The fourth-order valence-corrected chi connectivity index (χ4v) is 8.88. The van der Waals surface area contributed by atoms with E-state index in [1.54, 1.807) is 5.56 Å². The molecule has 0 aliphatic heterocycles. The van der Waals surface area contributed by atoms with Crippen LogP contribution < -0.4 is 5.30 Å². The molecule has 2 aliphatic rings. The summed E-state index contributed by atoms with van der Waals surface area (Å²) in [6, 6.07) is 9.42. The van der Waals surface area contributed by atoms with E-state index in [0.717, 1.165) is 11.3 Å². The van der Waals surface area contributed by atoms with Crippen molar-refractivity contribution in [3.63, 3.8) is 0 Å². The zero-order valence-corrected chi connectivity index (χ0v) is 15.4. The van der Waals surface area contributed by atoms with Crippen molar-refractivity contribution in [3.05, 3.63) is 29.8 Å². The maximum absolute atomic E-state index is 9.75. The highest BCUT2D eigenvalue weighted by molar-refractivity contribution is 7.67.